The summed E-state index contributed by atoms with van der Waals surface area (Å²) in [6.07, 6.45) is -4.74. The van der Waals surface area contributed by atoms with E-state index in [4.69, 9.17) is 11.6 Å². The van der Waals surface area contributed by atoms with E-state index in [1.165, 1.54) is 15.3 Å². The summed E-state index contributed by atoms with van der Waals surface area (Å²) in [5.74, 6) is -1.53. The highest BCUT2D eigenvalue weighted by molar-refractivity contribution is 7.09. The van der Waals surface area contributed by atoms with Crippen molar-refractivity contribution in [2.45, 2.75) is 12.7 Å². The molecule has 0 aliphatic rings. The van der Waals surface area contributed by atoms with Crippen molar-refractivity contribution in [2.75, 3.05) is 0 Å². The Balaban J connectivity index is 1.94. The van der Waals surface area contributed by atoms with Crippen LogP contribution in [0.5, 0.6) is 0 Å². The second kappa shape index (κ2) is 8.14. The van der Waals surface area contributed by atoms with Crippen LogP contribution in [0.1, 0.15) is 21.6 Å². The number of carboxylic acid groups (broad SMARTS) is 1. The molecule has 0 aliphatic carbocycles. The lowest BCUT2D eigenvalue weighted by Gasteiger charge is -2.11. The van der Waals surface area contributed by atoms with Crippen molar-refractivity contribution in [3.63, 3.8) is 0 Å². The number of benzene rings is 2. The van der Waals surface area contributed by atoms with E-state index >= 15 is 0 Å². The van der Waals surface area contributed by atoms with Crippen LogP contribution in [0, 0.1) is 0 Å². The molecule has 0 atom stereocenters. The molecule has 0 unspecified atom stereocenters. The number of hydrogen-bond acceptors (Lipinski definition) is 4. The van der Waals surface area contributed by atoms with E-state index in [0.29, 0.717) is 15.2 Å². The minimum Gasteiger partial charge on any atom is -0.477 e. The van der Waals surface area contributed by atoms with Crippen LogP contribution in [0.15, 0.2) is 62.8 Å². The van der Waals surface area contributed by atoms with Gasteiger partial charge in [0.15, 0.2) is 5.69 Å². The molecule has 5 rings (SSSR count). The molecule has 0 spiro atoms. The number of aromatic nitrogens is 3. The summed E-state index contributed by atoms with van der Waals surface area (Å²) in [6.45, 7) is -0.128. The summed E-state index contributed by atoms with van der Waals surface area (Å²) < 4.78 is 42.5. The van der Waals surface area contributed by atoms with E-state index < -0.39 is 40.3 Å². The maximum atomic E-state index is 13.6. The van der Waals surface area contributed by atoms with Gasteiger partial charge in [0, 0.05) is 27.7 Å². The molecule has 2 aromatic carbocycles. The predicted molar refractivity (Wildman–Crippen MR) is 126 cm³/mol. The van der Waals surface area contributed by atoms with Gasteiger partial charge in [0.2, 0.25) is 0 Å². The Morgan fingerprint density at radius 2 is 1.83 bits per heavy atom. The number of nitrogens with one attached hydrogen (secondary N) is 1. The smallest absolute Gasteiger partial charge is 0.416 e. The first-order valence-corrected chi connectivity index (χ1v) is 11.3. The van der Waals surface area contributed by atoms with Crippen LogP contribution in [-0.2, 0) is 12.7 Å². The number of rotatable bonds is 4. The number of alkyl halides is 3. The zero-order valence-electron chi connectivity index (χ0n) is 17.4. The number of hydrogen-bond donors (Lipinski definition) is 2. The van der Waals surface area contributed by atoms with Crippen molar-refractivity contribution in [3.8, 4) is 5.69 Å². The Labute approximate surface area is 202 Å². The van der Waals surface area contributed by atoms with E-state index in [-0.39, 0.29) is 28.4 Å². The van der Waals surface area contributed by atoms with Gasteiger partial charge in [-0.2, -0.15) is 13.2 Å². The molecular weight excluding hydrogens is 507 g/mol. The number of thiophene rings is 1. The van der Waals surface area contributed by atoms with Gasteiger partial charge in [-0.25, -0.2) is 14.2 Å². The second-order valence-electron chi connectivity index (χ2n) is 7.68. The molecule has 2 N–H and O–H groups in total. The molecule has 0 bridgehead atoms. The first-order valence-electron chi connectivity index (χ1n) is 9.99. The lowest BCUT2D eigenvalue weighted by atomic mass is 10.1. The van der Waals surface area contributed by atoms with E-state index in [0.717, 1.165) is 29.5 Å². The van der Waals surface area contributed by atoms with Crippen LogP contribution >= 0.6 is 22.9 Å². The molecule has 7 nitrogen and oxygen atoms in total. The number of carbonyl (C=O) groups is 1. The Hall–Kier alpha value is -3.83. The molecule has 0 amide bonds. The van der Waals surface area contributed by atoms with E-state index in [1.807, 2.05) is 0 Å². The second-order valence-corrected chi connectivity index (χ2v) is 8.83. The first-order chi connectivity index (χ1) is 16.6. The largest absolute Gasteiger partial charge is 0.477 e. The summed E-state index contributed by atoms with van der Waals surface area (Å²) in [4.78, 5) is 41.1. The highest BCUT2D eigenvalue weighted by Gasteiger charge is 2.33. The summed E-state index contributed by atoms with van der Waals surface area (Å²) >= 11 is 7.39. The third-order valence-electron chi connectivity index (χ3n) is 5.62. The molecule has 0 radical (unpaired) electrons. The summed E-state index contributed by atoms with van der Waals surface area (Å²) in [5, 5.41) is 13.3. The average Bonchev–Trinajstić information content (AvgIpc) is 3.38. The highest BCUT2D eigenvalue weighted by atomic mass is 35.5. The van der Waals surface area contributed by atoms with Crippen LogP contribution in [-0.4, -0.2) is 25.2 Å². The maximum Gasteiger partial charge on any atom is 0.416 e. The predicted octanol–water partition coefficient (Wildman–Crippen LogP) is 5.11. The van der Waals surface area contributed by atoms with Crippen molar-refractivity contribution in [3.05, 3.63) is 95.9 Å². The van der Waals surface area contributed by atoms with Gasteiger partial charge < -0.3 is 14.7 Å². The minimum atomic E-state index is -4.74. The average molecular weight is 520 g/mol. The van der Waals surface area contributed by atoms with Gasteiger partial charge in [-0.1, -0.05) is 29.8 Å². The number of carboxylic acids is 1. The fourth-order valence-corrected chi connectivity index (χ4v) is 5.01. The van der Waals surface area contributed by atoms with E-state index in [9.17, 15) is 32.7 Å². The molecule has 3 heterocycles. The van der Waals surface area contributed by atoms with Crippen LogP contribution in [0.2, 0.25) is 5.02 Å². The molecule has 5 aromatic rings. The molecule has 178 valence electrons. The SMILES string of the molecule is O=C(O)c1c(-n2c(=O)[nH]c3cscc3c2=O)c2cc(C(F)(F)F)ccc2n1Cc1ccccc1Cl. The Bertz CT molecular complexity index is 1760. The van der Waals surface area contributed by atoms with Gasteiger partial charge in [0.25, 0.3) is 5.56 Å². The monoisotopic (exact) mass is 519 g/mol. The summed E-state index contributed by atoms with van der Waals surface area (Å²) in [5.41, 5.74) is -3.03. The number of nitrogens with zero attached hydrogens (tertiary/aromatic N) is 2. The van der Waals surface area contributed by atoms with Crippen molar-refractivity contribution >= 4 is 50.7 Å². The molecule has 12 heteroatoms. The number of aromatic amines is 1. The van der Waals surface area contributed by atoms with E-state index in [2.05, 4.69) is 4.98 Å². The Kier molecular flexibility index (Phi) is 5.33. The highest BCUT2D eigenvalue weighted by Crippen LogP contribution is 2.36. The number of fused-ring (bicyclic) bond motifs is 2. The van der Waals surface area contributed by atoms with Gasteiger partial charge in [0.1, 0.15) is 0 Å². The van der Waals surface area contributed by atoms with Crippen molar-refractivity contribution in [1.82, 2.24) is 14.1 Å². The van der Waals surface area contributed by atoms with E-state index in [1.54, 1.807) is 24.3 Å². The standard InChI is InChI=1S/C23H13ClF3N3O4S/c24-15-4-2-1-3-11(15)8-29-17-6-5-12(23(25,26)27)7-13(17)18(19(29)21(32)33)30-20(31)14-9-35-10-16(14)28-22(30)34/h1-7,9-10H,8H2,(H,28,34)(H,32,33). The Morgan fingerprint density at radius 3 is 2.51 bits per heavy atom. The van der Waals surface area contributed by atoms with Gasteiger partial charge in [0.05, 0.1) is 27.7 Å². The number of H-pyrrole nitrogens is 1. The number of halogens is 4. The van der Waals surface area contributed by atoms with Crippen molar-refractivity contribution in [2.24, 2.45) is 0 Å². The maximum absolute atomic E-state index is 13.6. The minimum absolute atomic E-state index is 0.0852. The summed E-state index contributed by atoms with van der Waals surface area (Å²) in [7, 11) is 0. The topological polar surface area (TPSA) is 97.1 Å². The van der Waals surface area contributed by atoms with Crippen molar-refractivity contribution < 1.29 is 23.1 Å². The molecule has 3 aromatic heterocycles. The third-order valence-corrected chi connectivity index (χ3v) is 6.73. The molecule has 0 saturated heterocycles. The fourth-order valence-electron chi connectivity index (χ4n) is 4.06. The lowest BCUT2D eigenvalue weighted by Crippen LogP contribution is -2.34. The zero-order chi connectivity index (χ0) is 25.1. The van der Waals surface area contributed by atoms with Crippen LogP contribution in [0.25, 0.3) is 27.5 Å². The van der Waals surface area contributed by atoms with Crippen LogP contribution in [0.4, 0.5) is 13.2 Å². The van der Waals surface area contributed by atoms with Gasteiger partial charge in [-0.3, -0.25) is 4.79 Å². The lowest BCUT2D eigenvalue weighted by molar-refractivity contribution is -0.137. The number of aromatic carboxylic acids is 1. The molecular formula is C23H13ClF3N3O4S. The van der Waals surface area contributed by atoms with Crippen LogP contribution in [0.3, 0.4) is 0 Å². The molecule has 35 heavy (non-hydrogen) atoms. The normalized spacial score (nSPS) is 12.0. The first kappa shape index (κ1) is 22.9. The van der Waals surface area contributed by atoms with Gasteiger partial charge >= 0.3 is 17.8 Å². The molecule has 0 saturated carbocycles. The molecule has 0 fully saturated rings. The molecule has 0 aliphatic heterocycles. The van der Waals surface area contributed by atoms with Crippen LogP contribution < -0.4 is 11.2 Å². The third kappa shape index (κ3) is 3.72. The fraction of sp³-hybridized carbons (Fsp3) is 0.0870. The van der Waals surface area contributed by atoms with Gasteiger partial charge in [-0.15, -0.1) is 11.3 Å². The summed E-state index contributed by atoms with van der Waals surface area (Å²) in [6, 6.07) is 9.25. The Morgan fingerprint density at radius 1 is 1.09 bits per heavy atom. The zero-order valence-corrected chi connectivity index (χ0v) is 19.0. The quantitative estimate of drug-likeness (QED) is 0.345. The van der Waals surface area contributed by atoms with Gasteiger partial charge in [-0.05, 0) is 29.8 Å². The van der Waals surface area contributed by atoms with Crippen molar-refractivity contribution in [1.29, 1.82) is 0 Å².